The van der Waals surface area contributed by atoms with Crippen LogP contribution in [0.5, 0.6) is 0 Å². The second-order valence-electron chi connectivity index (χ2n) is 26.1. The molecule has 2 N–H and O–H groups in total. The van der Waals surface area contributed by atoms with Crippen molar-refractivity contribution in [1.29, 1.82) is 0 Å². The van der Waals surface area contributed by atoms with Crippen LogP contribution in [0.4, 0.5) is 0 Å². The van der Waals surface area contributed by atoms with Crippen LogP contribution in [0.3, 0.4) is 0 Å². The van der Waals surface area contributed by atoms with Gasteiger partial charge in [-0.15, -0.1) is 201 Å². The summed E-state index contributed by atoms with van der Waals surface area (Å²) in [7, 11) is -1.34. The van der Waals surface area contributed by atoms with Crippen LogP contribution >= 0.6 is 15.9 Å². The Labute approximate surface area is 757 Å². The zero-order valence-electron chi connectivity index (χ0n) is 88.1. The van der Waals surface area contributed by atoms with Gasteiger partial charge in [0.15, 0.2) is 0 Å². The van der Waals surface area contributed by atoms with Gasteiger partial charge in [-0.3, -0.25) is 0 Å². The first-order chi connectivity index (χ1) is 64.7. The van der Waals surface area contributed by atoms with Crippen molar-refractivity contribution in [3.05, 3.63) is 423 Å². The zero-order valence-corrected chi connectivity index (χ0v) is 70.4. The number of rotatable bonds is 10. The Hall–Kier alpha value is -11.1. The number of aryl methyl sites for hydroxylation is 14. The molecule has 0 spiro atoms. The molecule has 0 saturated carbocycles. The van der Waals surface area contributed by atoms with Crippen molar-refractivity contribution in [2.45, 2.75) is 96.4 Å². The molecule has 16 aromatic rings. The molecule has 0 unspecified atom stereocenters. The molecular formula is C104H94BBrIr2N6O2. The molecule has 16 rings (SSSR count). The molecule has 8 nitrogen and oxygen atoms in total. The van der Waals surface area contributed by atoms with Gasteiger partial charge in [-0.2, -0.15) is 0 Å². The minimum absolute atomic E-state index is 0. The number of hydrogen-bond donors (Lipinski definition) is 2. The van der Waals surface area contributed by atoms with Gasteiger partial charge in [-0.25, -0.2) is 0 Å². The van der Waals surface area contributed by atoms with Gasteiger partial charge in [0, 0.05) is 70.1 Å². The Morgan fingerprint density at radius 2 is 0.647 bits per heavy atom. The molecule has 6 aromatic heterocycles. The Morgan fingerprint density at radius 1 is 0.276 bits per heavy atom. The Balaban J connectivity index is 0.000000203. The van der Waals surface area contributed by atoms with Crippen molar-refractivity contribution in [2.24, 2.45) is 0 Å². The predicted octanol–water partition coefficient (Wildman–Crippen LogP) is 24.7. The summed E-state index contributed by atoms with van der Waals surface area (Å²) in [6.07, 6.45) is 9.11. The Kier molecular flexibility index (Phi) is 23.9. The molecule has 0 aliphatic rings. The normalized spacial score (nSPS) is 14.1. The number of nitrogens with zero attached hydrogens (tertiary/aromatic N) is 6. The van der Waals surface area contributed by atoms with E-state index in [1.807, 2.05) is 137 Å². The van der Waals surface area contributed by atoms with Crippen LogP contribution in [-0.2, 0) is 40.2 Å². The van der Waals surface area contributed by atoms with Crippen molar-refractivity contribution in [2.75, 3.05) is 0 Å². The van der Waals surface area contributed by atoms with Crippen molar-refractivity contribution in [3.8, 4) is 101 Å². The Morgan fingerprint density at radius 3 is 1.01 bits per heavy atom. The number of hydrogen-bond acceptors (Lipinski definition) is 8. The zero-order chi connectivity index (χ0) is 101. The quantitative estimate of drug-likeness (QED) is 0.103. The van der Waals surface area contributed by atoms with Crippen LogP contribution in [0.2, 0.25) is 0 Å². The fourth-order valence-electron chi connectivity index (χ4n) is 11.2. The van der Waals surface area contributed by atoms with E-state index in [0.717, 1.165) is 88.3 Å². The van der Waals surface area contributed by atoms with E-state index in [1.165, 1.54) is 49.1 Å². The van der Waals surface area contributed by atoms with Crippen LogP contribution in [0, 0.1) is 133 Å². The SMILES string of the molecule is OB(O)c1ccccc1.[2H]C([2H])([2H])c1c[c-]c(-c2ccc(C)cn2)cc1.[2H]C([2H])([2H])c1c[c-]c(-c2ccc(C)cn2)cc1.[2H]C([2H])([2H])c1ccc(-c2[c-]cc(C)c(-c3ccccc3)c2)nc1.[2H]C([2H])([2H])c1ccc(-c2[c-]cc(C)c(Br)c2)nc1.[2H]C([2H])([2H])c1ccc(-c2cc(-c3[c-]cccc3)ncc2C([2H])([2H])[2H])c(C)c1.[2H]C([2H])([2H])c1ccc(-c2cc(-c3[c-]cccc3)ncc2C([2H])([2H])[2H])c(C)c1.[Ir+3].[Ir+3]. The van der Waals surface area contributed by atoms with E-state index < -0.39 is 61.9 Å². The van der Waals surface area contributed by atoms with Gasteiger partial charge in [0.2, 0.25) is 0 Å². The average molecular weight is 1960 g/mol. The van der Waals surface area contributed by atoms with E-state index in [-0.39, 0.29) is 73.6 Å². The van der Waals surface area contributed by atoms with Gasteiger partial charge < -0.3 is 40.0 Å². The second kappa shape index (κ2) is 45.2. The first kappa shape index (κ1) is 61.3. The van der Waals surface area contributed by atoms with Crippen LogP contribution in [-0.4, -0.2) is 47.1 Å². The van der Waals surface area contributed by atoms with Gasteiger partial charge in [-0.05, 0) is 181 Å². The van der Waals surface area contributed by atoms with Gasteiger partial charge in [0.25, 0.3) is 0 Å². The fourth-order valence-corrected chi connectivity index (χ4v) is 11.5. The monoisotopic (exact) mass is 1960 g/mol. The number of aromatic nitrogens is 6. The summed E-state index contributed by atoms with van der Waals surface area (Å²) in [6.45, 7) is -5.94. The summed E-state index contributed by atoms with van der Waals surface area (Å²) in [5.74, 6) is 0. The van der Waals surface area contributed by atoms with Crippen LogP contribution < -0.4 is 5.46 Å². The van der Waals surface area contributed by atoms with E-state index >= 15 is 0 Å². The second-order valence-corrected chi connectivity index (χ2v) is 27.0. The topological polar surface area (TPSA) is 118 Å². The summed E-state index contributed by atoms with van der Waals surface area (Å²) < 4.78 is 181. The van der Waals surface area contributed by atoms with E-state index in [1.54, 1.807) is 148 Å². The van der Waals surface area contributed by atoms with E-state index in [2.05, 4.69) is 94.4 Å². The van der Waals surface area contributed by atoms with Crippen molar-refractivity contribution >= 4 is 28.5 Å². The maximum Gasteiger partial charge on any atom is 3.00 e. The molecular weight excluding hydrogens is 1840 g/mol. The van der Waals surface area contributed by atoms with Crippen LogP contribution in [0.25, 0.3) is 101 Å². The molecule has 0 radical (unpaired) electrons. The van der Waals surface area contributed by atoms with Crippen molar-refractivity contribution in [1.82, 2.24) is 29.9 Å². The van der Waals surface area contributed by atoms with Gasteiger partial charge in [0.05, 0.1) is 0 Å². The standard InChI is InChI=1S/2C20H18N.C19H16N.C13H11BrN.2C13H12N.C6H7BO2.2Ir/c2*1-14-9-10-18(15(2)11-14)19-12-20(21-13-16(19)3)17-7-5-4-6-8-17;1-14-8-11-19(20-13-14)17-10-9-15(2)18(12-17)16-6-4-3-5-7-16;1-9-3-6-13(15-8-9)11-5-4-10(2)12(14)7-11;2*1-10-3-6-12(7-4-10)13-8-5-11(2)9-14-13;8-7(9)6-4-2-1-3-5-6;;/h2*4-7,9-13H,1-3H3;3-9,11-13H,1-2H3;3-4,6-8H,1-2H3;2*3-6,8-9H,1-2H3;1-5,8-9H;;/q6*-1;;2*+3/i2*1D3,3D3;4*1D3;;;. The molecule has 0 amide bonds. The largest absolute Gasteiger partial charge is 3.00 e. The molecule has 0 atom stereocenters. The minimum Gasteiger partial charge on any atom is -0.423 e. The molecule has 0 saturated heterocycles. The molecule has 0 aliphatic carbocycles. The van der Waals surface area contributed by atoms with Crippen LogP contribution in [0.15, 0.2) is 309 Å². The van der Waals surface area contributed by atoms with Crippen molar-refractivity contribution in [3.63, 3.8) is 0 Å². The molecule has 10 aromatic carbocycles. The minimum atomic E-state index is -2.34. The summed E-state index contributed by atoms with van der Waals surface area (Å²) in [5.41, 5.74) is 21.9. The third-order valence-corrected chi connectivity index (χ3v) is 18.2. The molecule has 580 valence electrons. The summed E-state index contributed by atoms with van der Waals surface area (Å²) >= 11 is 3.45. The summed E-state index contributed by atoms with van der Waals surface area (Å²) in [4.78, 5) is 25.6. The molecule has 0 fully saturated rings. The van der Waals surface area contributed by atoms with Gasteiger partial charge >= 0.3 is 47.3 Å². The maximum atomic E-state index is 8.58. The smallest absolute Gasteiger partial charge is 0.423 e. The Bertz CT molecular complexity index is 6430. The molecule has 6 heterocycles. The average Bonchev–Trinajstić information content (AvgIpc) is 0.773. The first-order valence-corrected chi connectivity index (χ1v) is 36.7. The predicted molar refractivity (Wildman–Crippen MR) is 478 cm³/mol. The van der Waals surface area contributed by atoms with Crippen molar-refractivity contribution < 1.29 is 83.2 Å². The van der Waals surface area contributed by atoms with Gasteiger partial charge in [-0.1, -0.05) is 222 Å². The molecule has 0 bridgehead atoms. The van der Waals surface area contributed by atoms with E-state index in [4.69, 9.17) is 42.9 Å². The third kappa shape index (κ3) is 27.0. The molecule has 116 heavy (non-hydrogen) atoms. The third-order valence-electron chi connectivity index (χ3n) is 17.3. The maximum absolute atomic E-state index is 8.58. The number of pyridine rings is 6. The van der Waals surface area contributed by atoms with E-state index in [0.29, 0.717) is 67.1 Å². The number of benzene rings is 10. The number of halogens is 1. The molecule has 12 heteroatoms. The molecule has 0 aliphatic heterocycles. The summed E-state index contributed by atoms with van der Waals surface area (Å²) in [5, 5.41) is 17.2. The van der Waals surface area contributed by atoms with E-state index in [9.17, 15) is 0 Å². The summed E-state index contributed by atoms with van der Waals surface area (Å²) in [6, 6.07) is 96.7. The van der Waals surface area contributed by atoms with Gasteiger partial charge in [0.1, 0.15) is 0 Å². The first-order valence-electron chi connectivity index (χ1n) is 47.9. The fraction of sp³-hybridized carbons (Fsp3) is 0.135. The van der Waals surface area contributed by atoms with Crippen LogP contribution in [0.1, 0.15) is 111 Å².